The fourth-order valence-electron chi connectivity index (χ4n) is 0.500. The SMILES string of the molecule is [CH2-]CCCC.[CH2-]CCCC.[Hf+4].[OH-].[OH-]. The fourth-order valence-corrected chi connectivity index (χ4v) is 0.500. The summed E-state index contributed by atoms with van der Waals surface area (Å²) in [5, 5.41) is 0. The first kappa shape index (κ1) is 29.2. The van der Waals surface area contributed by atoms with E-state index in [1.54, 1.807) is 0 Å². The van der Waals surface area contributed by atoms with Crippen molar-refractivity contribution in [2.75, 3.05) is 0 Å². The minimum atomic E-state index is 0. The van der Waals surface area contributed by atoms with Crippen LogP contribution in [0.4, 0.5) is 0 Å². The molecule has 0 amide bonds. The van der Waals surface area contributed by atoms with Crippen molar-refractivity contribution < 1.29 is 36.8 Å². The van der Waals surface area contributed by atoms with Gasteiger partial charge in [0.25, 0.3) is 0 Å². The van der Waals surface area contributed by atoms with Crippen LogP contribution in [0.3, 0.4) is 0 Å². The average molecular weight is 355 g/mol. The van der Waals surface area contributed by atoms with Crippen molar-refractivity contribution in [2.45, 2.75) is 52.4 Å². The third kappa shape index (κ3) is 64.9. The molecule has 2 N–H and O–H groups in total. The third-order valence-corrected chi connectivity index (χ3v) is 1.21. The summed E-state index contributed by atoms with van der Waals surface area (Å²) in [5.74, 6) is 0. The Morgan fingerprint density at radius 3 is 1.00 bits per heavy atom. The number of unbranched alkanes of at least 4 members (excludes halogenated alkanes) is 4. The van der Waals surface area contributed by atoms with Crippen molar-refractivity contribution in [1.29, 1.82) is 0 Å². The van der Waals surface area contributed by atoms with Crippen LogP contribution < -0.4 is 0 Å². The zero-order chi connectivity index (χ0) is 8.24. The molecular formula is C10H24HfO2. The van der Waals surface area contributed by atoms with E-state index in [0.29, 0.717) is 0 Å². The van der Waals surface area contributed by atoms with Gasteiger partial charge in [-0.1, -0.05) is 39.5 Å². The molecule has 80 valence electrons. The maximum absolute atomic E-state index is 3.68. The van der Waals surface area contributed by atoms with Crippen LogP contribution in [-0.4, -0.2) is 11.0 Å². The maximum atomic E-state index is 3.68. The van der Waals surface area contributed by atoms with Gasteiger partial charge in [-0.05, 0) is 0 Å². The monoisotopic (exact) mass is 356 g/mol. The largest absolute Gasteiger partial charge is 4.00 e. The first-order valence-electron chi connectivity index (χ1n) is 4.41. The van der Waals surface area contributed by atoms with Gasteiger partial charge in [0, 0.05) is 0 Å². The van der Waals surface area contributed by atoms with E-state index in [4.69, 9.17) is 0 Å². The molecule has 0 spiro atoms. The van der Waals surface area contributed by atoms with Crippen molar-refractivity contribution in [3.8, 4) is 0 Å². The minimum absolute atomic E-state index is 0. The average Bonchev–Trinajstić information content (AvgIpc) is 1.93. The molecule has 0 unspecified atom stereocenters. The summed E-state index contributed by atoms with van der Waals surface area (Å²) in [4.78, 5) is 0. The molecule has 0 fully saturated rings. The van der Waals surface area contributed by atoms with E-state index in [-0.39, 0.29) is 36.8 Å². The molecule has 0 bridgehead atoms. The van der Waals surface area contributed by atoms with E-state index in [1.807, 2.05) is 0 Å². The van der Waals surface area contributed by atoms with Crippen LogP contribution in [-0.2, 0) is 25.8 Å². The molecule has 0 aliphatic carbocycles. The molecule has 0 saturated heterocycles. The summed E-state index contributed by atoms with van der Waals surface area (Å²) in [6, 6.07) is 0. The number of rotatable bonds is 4. The second-order valence-corrected chi connectivity index (χ2v) is 2.41. The number of hydrogen-bond donors (Lipinski definition) is 0. The molecule has 0 heterocycles. The molecule has 0 radical (unpaired) electrons. The van der Waals surface area contributed by atoms with Gasteiger partial charge in [-0.25, -0.2) is 0 Å². The molecule has 0 rings (SSSR count). The molecule has 0 aromatic heterocycles. The Bertz CT molecular complexity index is 33.9. The van der Waals surface area contributed by atoms with Crippen LogP contribution in [0.5, 0.6) is 0 Å². The third-order valence-electron chi connectivity index (χ3n) is 1.21. The number of hydrogen-bond acceptors (Lipinski definition) is 2. The molecule has 13 heavy (non-hydrogen) atoms. The predicted molar refractivity (Wildman–Crippen MR) is 53.6 cm³/mol. The molecule has 0 saturated carbocycles. The van der Waals surface area contributed by atoms with Gasteiger partial charge < -0.3 is 24.8 Å². The van der Waals surface area contributed by atoms with E-state index < -0.39 is 0 Å². The second-order valence-electron chi connectivity index (χ2n) is 2.41. The summed E-state index contributed by atoms with van der Waals surface area (Å²) in [6.07, 6.45) is 7.31. The Morgan fingerprint density at radius 1 is 0.769 bits per heavy atom. The smallest absolute Gasteiger partial charge is 0.870 e. The fraction of sp³-hybridized carbons (Fsp3) is 0.800. The first-order valence-corrected chi connectivity index (χ1v) is 4.41. The van der Waals surface area contributed by atoms with Gasteiger partial charge in [0.15, 0.2) is 0 Å². The van der Waals surface area contributed by atoms with Crippen molar-refractivity contribution >= 4 is 0 Å². The summed E-state index contributed by atoms with van der Waals surface area (Å²) < 4.78 is 0. The van der Waals surface area contributed by atoms with E-state index in [1.165, 1.54) is 25.7 Å². The summed E-state index contributed by atoms with van der Waals surface area (Å²) in [6.45, 7) is 11.7. The van der Waals surface area contributed by atoms with Gasteiger partial charge >= 0.3 is 25.8 Å². The molecule has 0 atom stereocenters. The normalized spacial score (nSPS) is 6.46. The van der Waals surface area contributed by atoms with Crippen molar-refractivity contribution in [3.63, 3.8) is 0 Å². The molecule has 0 aromatic rings. The molecular weight excluding hydrogens is 331 g/mol. The molecule has 2 nitrogen and oxygen atoms in total. The zero-order valence-electron chi connectivity index (χ0n) is 9.05. The van der Waals surface area contributed by atoms with Crippen molar-refractivity contribution in [1.82, 2.24) is 0 Å². The van der Waals surface area contributed by atoms with E-state index in [2.05, 4.69) is 27.7 Å². The first-order chi connectivity index (χ1) is 4.83. The Hall–Kier alpha value is 0.790. The summed E-state index contributed by atoms with van der Waals surface area (Å²) >= 11 is 0. The summed E-state index contributed by atoms with van der Waals surface area (Å²) in [7, 11) is 0. The second kappa shape index (κ2) is 38.6. The summed E-state index contributed by atoms with van der Waals surface area (Å²) in [5.41, 5.74) is 0. The van der Waals surface area contributed by atoms with Crippen LogP contribution in [0.25, 0.3) is 0 Å². The van der Waals surface area contributed by atoms with Gasteiger partial charge in [0.2, 0.25) is 0 Å². The van der Waals surface area contributed by atoms with E-state index in [9.17, 15) is 0 Å². The van der Waals surface area contributed by atoms with Crippen LogP contribution in [0.2, 0.25) is 0 Å². The Kier molecular flexibility index (Phi) is 86.6. The maximum Gasteiger partial charge on any atom is 4.00 e. The van der Waals surface area contributed by atoms with E-state index >= 15 is 0 Å². The van der Waals surface area contributed by atoms with Crippen molar-refractivity contribution in [3.05, 3.63) is 13.8 Å². The topological polar surface area (TPSA) is 60.0 Å². The Balaban J connectivity index is -0.0000000267. The quantitative estimate of drug-likeness (QED) is 0.571. The van der Waals surface area contributed by atoms with Gasteiger partial charge in [-0.2, -0.15) is 12.8 Å². The molecule has 0 aromatic carbocycles. The van der Waals surface area contributed by atoms with Crippen LogP contribution in [0.15, 0.2) is 0 Å². The van der Waals surface area contributed by atoms with Gasteiger partial charge in [-0.15, -0.1) is 0 Å². The standard InChI is InChI=1S/2C5H11.Hf.2H2O/c2*1-3-5-4-2;;;/h2*1,3-5H2,2H3;;2*1H2/q2*-1;+4;;/p-2. The van der Waals surface area contributed by atoms with Gasteiger partial charge in [0.1, 0.15) is 0 Å². The molecule has 0 aliphatic rings. The van der Waals surface area contributed by atoms with Gasteiger partial charge in [-0.3, -0.25) is 0 Å². The predicted octanol–water partition coefficient (Wildman–Crippen LogP) is 3.67. The Labute approximate surface area is 103 Å². The zero-order valence-corrected chi connectivity index (χ0v) is 12.6. The van der Waals surface area contributed by atoms with Crippen molar-refractivity contribution in [2.24, 2.45) is 0 Å². The minimum Gasteiger partial charge on any atom is -0.870 e. The van der Waals surface area contributed by atoms with Crippen LogP contribution in [0, 0.1) is 13.8 Å². The Morgan fingerprint density at radius 2 is 1.00 bits per heavy atom. The molecule has 0 aliphatic heterocycles. The van der Waals surface area contributed by atoms with Crippen LogP contribution in [0.1, 0.15) is 52.4 Å². The molecule has 3 heteroatoms. The van der Waals surface area contributed by atoms with E-state index in [0.717, 1.165) is 12.8 Å². The van der Waals surface area contributed by atoms with Gasteiger partial charge in [0.05, 0.1) is 0 Å². The van der Waals surface area contributed by atoms with Crippen LogP contribution >= 0.6 is 0 Å².